The lowest BCUT2D eigenvalue weighted by atomic mass is 9.89. The molecule has 2 aromatic carbocycles. The van der Waals surface area contributed by atoms with Crippen molar-refractivity contribution in [2.45, 2.75) is 143 Å². The maximum atomic E-state index is 14.4. The van der Waals surface area contributed by atoms with E-state index in [1.54, 1.807) is 38.3 Å². The molecule has 0 spiro atoms. The molecule has 358 valence electrons. The van der Waals surface area contributed by atoms with Gasteiger partial charge in [0.1, 0.15) is 6.04 Å². The molecule has 1 aliphatic rings. The second kappa shape index (κ2) is 25.8. The Morgan fingerprint density at radius 1 is 0.812 bits per heavy atom. The maximum Gasteiger partial charge on any atom is 0.251 e. The van der Waals surface area contributed by atoms with Crippen molar-refractivity contribution in [3.63, 3.8) is 0 Å². The highest BCUT2D eigenvalue weighted by molar-refractivity contribution is 5.94. The highest BCUT2D eigenvalue weighted by atomic mass is 16.5. The molecule has 0 bridgehead atoms. The Labute approximate surface area is 384 Å². The van der Waals surface area contributed by atoms with E-state index < -0.39 is 42.3 Å². The average molecular weight is 892 g/mol. The Bertz CT molecular complexity index is 1760. The molecular weight excluding hydrogens is 811 g/mol. The highest BCUT2D eigenvalue weighted by Gasteiger charge is 2.43. The number of anilines is 1. The summed E-state index contributed by atoms with van der Waals surface area (Å²) in [6.45, 7) is 18.5. The minimum atomic E-state index is -0.773. The Hall–Kier alpha value is -4.53. The van der Waals surface area contributed by atoms with Gasteiger partial charge in [-0.3, -0.25) is 28.9 Å². The van der Waals surface area contributed by atoms with Gasteiger partial charge in [-0.25, -0.2) is 0 Å². The largest absolute Gasteiger partial charge is 0.383 e. The van der Waals surface area contributed by atoms with Crippen LogP contribution in [0, 0.1) is 23.7 Å². The molecule has 0 aromatic heterocycles. The van der Waals surface area contributed by atoms with Crippen LogP contribution in [0.3, 0.4) is 0 Å². The monoisotopic (exact) mass is 892 g/mol. The van der Waals surface area contributed by atoms with Crippen LogP contribution in [0.5, 0.6) is 0 Å². The van der Waals surface area contributed by atoms with Gasteiger partial charge in [0.15, 0.2) is 0 Å². The smallest absolute Gasteiger partial charge is 0.251 e. The molecule has 14 nitrogen and oxygen atoms in total. The summed E-state index contributed by atoms with van der Waals surface area (Å²) in [5, 5.41) is 12.6. The summed E-state index contributed by atoms with van der Waals surface area (Å²) in [5.41, 5.74) is 2.46. The third-order valence-corrected chi connectivity index (χ3v) is 12.7. The first-order valence-corrected chi connectivity index (χ1v) is 23.3. The molecule has 0 unspecified atom stereocenters. The number of methoxy groups -OCH3 is 2. The van der Waals surface area contributed by atoms with Crippen LogP contribution in [-0.4, -0.2) is 141 Å². The van der Waals surface area contributed by atoms with Crippen molar-refractivity contribution in [1.82, 2.24) is 30.7 Å². The first-order valence-electron chi connectivity index (χ1n) is 23.3. The first kappa shape index (κ1) is 53.8. The molecule has 1 heterocycles. The molecule has 4 N–H and O–H groups in total. The van der Waals surface area contributed by atoms with Gasteiger partial charge in [0.05, 0.1) is 48.7 Å². The fourth-order valence-corrected chi connectivity index (χ4v) is 9.19. The number of carbonyl (C=O) groups is 5. The van der Waals surface area contributed by atoms with Gasteiger partial charge in [-0.15, -0.1) is 0 Å². The summed E-state index contributed by atoms with van der Waals surface area (Å²) in [4.78, 5) is 75.1. The molecule has 5 amide bonds. The van der Waals surface area contributed by atoms with Crippen LogP contribution in [0.4, 0.5) is 5.69 Å². The molecule has 0 radical (unpaired) electrons. The Morgan fingerprint density at radius 3 is 1.98 bits per heavy atom. The molecule has 1 fully saturated rings. The lowest BCUT2D eigenvalue weighted by Gasteiger charge is -2.41. The van der Waals surface area contributed by atoms with E-state index in [1.165, 1.54) is 0 Å². The topological polar surface area (TPSA) is 162 Å². The van der Waals surface area contributed by atoms with Crippen molar-refractivity contribution in [2.24, 2.45) is 23.7 Å². The van der Waals surface area contributed by atoms with Crippen LogP contribution in [0.15, 0.2) is 54.6 Å². The molecule has 1 saturated heterocycles. The van der Waals surface area contributed by atoms with Crippen molar-refractivity contribution in [2.75, 3.05) is 53.8 Å². The molecule has 0 aliphatic carbocycles. The predicted octanol–water partition coefficient (Wildman–Crippen LogP) is 5.61. The number of nitrogens with one attached hydrogen (secondary N) is 4. The Morgan fingerprint density at radius 2 is 1.45 bits per heavy atom. The van der Waals surface area contributed by atoms with Crippen molar-refractivity contribution >= 4 is 35.2 Å². The minimum Gasteiger partial charge on any atom is -0.383 e. The summed E-state index contributed by atoms with van der Waals surface area (Å²) in [6.07, 6.45) is 1.38. The first-order chi connectivity index (χ1) is 30.2. The predicted molar refractivity (Wildman–Crippen MR) is 255 cm³/mol. The zero-order valence-corrected chi connectivity index (χ0v) is 41.3. The van der Waals surface area contributed by atoms with E-state index in [-0.39, 0.29) is 72.3 Å². The van der Waals surface area contributed by atoms with Gasteiger partial charge < -0.3 is 40.5 Å². The number of hydrogen-bond donors (Lipinski definition) is 4. The van der Waals surface area contributed by atoms with E-state index in [0.717, 1.165) is 24.1 Å². The number of nitrogens with zero attached hydrogens (tertiary/aromatic N) is 3. The van der Waals surface area contributed by atoms with Crippen LogP contribution < -0.4 is 21.3 Å². The van der Waals surface area contributed by atoms with Crippen molar-refractivity contribution < 1.29 is 33.4 Å². The van der Waals surface area contributed by atoms with Gasteiger partial charge >= 0.3 is 0 Å². The van der Waals surface area contributed by atoms with Crippen LogP contribution in [0.1, 0.15) is 104 Å². The van der Waals surface area contributed by atoms with Gasteiger partial charge in [0.2, 0.25) is 23.6 Å². The fourth-order valence-electron chi connectivity index (χ4n) is 9.19. The van der Waals surface area contributed by atoms with E-state index in [2.05, 4.69) is 35.1 Å². The minimum absolute atomic E-state index is 0.0151. The quantitative estimate of drug-likeness (QED) is 0.0994. The van der Waals surface area contributed by atoms with Gasteiger partial charge in [-0.1, -0.05) is 85.2 Å². The van der Waals surface area contributed by atoms with Gasteiger partial charge in [-0.2, -0.15) is 0 Å². The number of amides is 5. The lowest BCUT2D eigenvalue weighted by molar-refractivity contribution is -0.148. The number of hydrogen-bond acceptors (Lipinski definition) is 9. The molecule has 14 heteroatoms. The number of likely N-dealkylation sites (N-methyl/N-ethyl adjacent to an activating group) is 2. The molecule has 3 rings (SSSR count). The number of ether oxygens (including phenoxy) is 2. The van der Waals surface area contributed by atoms with E-state index in [1.807, 2.05) is 115 Å². The Balaban J connectivity index is 1.78. The number of benzene rings is 2. The fraction of sp³-hybridized carbons (Fsp3) is 0.660. The molecule has 0 saturated carbocycles. The molecule has 2 aromatic rings. The van der Waals surface area contributed by atoms with Crippen LogP contribution in [0.25, 0.3) is 0 Å². The van der Waals surface area contributed by atoms with Gasteiger partial charge in [0, 0.05) is 51.6 Å². The lowest BCUT2D eigenvalue weighted by Crippen LogP contribution is -2.59. The highest BCUT2D eigenvalue weighted by Crippen LogP contribution is 2.30. The number of carbonyl (C=O) groups excluding carboxylic acids is 5. The molecule has 9 atom stereocenters. The Kier molecular flexibility index (Phi) is 21.7. The van der Waals surface area contributed by atoms with Crippen LogP contribution >= 0.6 is 0 Å². The van der Waals surface area contributed by atoms with E-state index in [4.69, 9.17) is 9.47 Å². The van der Waals surface area contributed by atoms with E-state index >= 15 is 0 Å². The zero-order chi connectivity index (χ0) is 47.8. The summed E-state index contributed by atoms with van der Waals surface area (Å²) in [7, 11) is 8.60. The van der Waals surface area contributed by atoms with Crippen LogP contribution in [0.2, 0.25) is 0 Å². The molecule has 1 aliphatic heterocycles. The third kappa shape index (κ3) is 15.0. The average Bonchev–Trinajstić information content (AvgIpc) is 3.73. The third-order valence-electron chi connectivity index (χ3n) is 12.7. The SMILES string of the molecule is CC[C@H](C)[C@@H]([C@@H](CC(=O)N1CCC[C@H]1[C@H](OC)[C@@H](C)C(=O)N[C@H](CNC(=O)c1ccc(NC(C)C)cc1)Cc1ccccc1)OC)N(C)C(=O)[C@@H](NC(=O)[C@H](C(C)C)N(C)C)C(C)C. The standard InChI is InChI=1S/C50H81N7O7/c1-15-34(8)45(56(12)50(62)43(31(2)3)54-49(61)44(32(4)5)55(10)11)41(63-13)29-42(58)57-27-19-22-40(57)46(64-14)35(9)47(59)53-39(28-36-20-17-16-18-21-36)30-51-48(60)37-23-25-38(26-24-37)52-33(6)7/h16-18,20-21,23-26,31-35,39-41,43-46,52H,15,19,22,27-30H2,1-14H3,(H,51,60)(H,53,59)(H,54,61)/t34-,35+,39-,40-,41+,43-,44-,45-,46+/m0/s1. The summed E-state index contributed by atoms with van der Waals surface area (Å²) < 4.78 is 12.1. The summed E-state index contributed by atoms with van der Waals surface area (Å²) in [5.74, 6) is -1.89. The zero-order valence-electron chi connectivity index (χ0n) is 41.3. The van der Waals surface area contributed by atoms with Gasteiger partial charge in [-0.05, 0) is 94.8 Å². The van der Waals surface area contributed by atoms with Crippen molar-refractivity contribution in [3.05, 3.63) is 65.7 Å². The normalized spacial score (nSPS) is 17.9. The summed E-state index contributed by atoms with van der Waals surface area (Å²) >= 11 is 0. The van der Waals surface area contributed by atoms with Crippen molar-refractivity contribution in [3.8, 4) is 0 Å². The second-order valence-electron chi connectivity index (χ2n) is 19.0. The number of likely N-dealkylation sites (tertiary alicyclic amines) is 1. The molecule has 64 heavy (non-hydrogen) atoms. The van der Waals surface area contributed by atoms with E-state index in [9.17, 15) is 24.0 Å². The van der Waals surface area contributed by atoms with E-state index in [0.29, 0.717) is 24.9 Å². The number of rotatable bonds is 25. The summed E-state index contributed by atoms with van der Waals surface area (Å²) in [6, 6.07) is 14.9. The van der Waals surface area contributed by atoms with Gasteiger partial charge in [0.25, 0.3) is 5.91 Å². The van der Waals surface area contributed by atoms with Crippen LogP contribution in [-0.2, 0) is 35.1 Å². The maximum absolute atomic E-state index is 14.4. The second-order valence-corrected chi connectivity index (χ2v) is 19.0. The molecular formula is C50H81N7O7. The van der Waals surface area contributed by atoms with Crippen molar-refractivity contribution in [1.29, 1.82) is 0 Å².